The van der Waals surface area contributed by atoms with Gasteiger partial charge in [0.05, 0.1) is 5.69 Å². The zero-order valence-electron chi connectivity index (χ0n) is 17.5. The second kappa shape index (κ2) is 9.32. The summed E-state index contributed by atoms with van der Waals surface area (Å²) in [5.41, 5.74) is 4.06. The van der Waals surface area contributed by atoms with Gasteiger partial charge in [-0.05, 0) is 53.3 Å². The van der Waals surface area contributed by atoms with Gasteiger partial charge in [-0.3, -0.25) is 14.9 Å². The molecule has 0 aliphatic carbocycles. The number of hydrogen-bond donors (Lipinski definition) is 1. The van der Waals surface area contributed by atoms with Gasteiger partial charge in [-0.15, -0.1) is 0 Å². The molecule has 0 radical (unpaired) electrons. The molecule has 0 atom stereocenters. The van der Waals surface area contributed by atoms with E-state index in [-0.39, 0.29) is 5.57 Å². The minimum Gasteiger partial charge on any atom is -0.273 e. The Labute approximate surface area is 194 Å². The lowest BCUT2D eigenvalue weighted by atomic mass is 9.97. The number of imide groups is 2. The predicted octanol–water partition coefficient (Wildman–Crippen LogP) is 5.27. The Hall–Kier alpha value is -3.51. The van der Waals surface area contributed by atoms with Crippen LogP contribution in [0.1, 0.15) is 29.2 Å². The van der Waals surface area contributed by atoms with Crippen LogP contribution in [0.3, 0.4) is 0 Å². The predicted molar refractivity (Wildman–Crippen MR) is 128 cm³/mol. The number of anilines is 1. The summed E-state index contributed by atoms with van der Waals surface area (Å²) in [7, 11) is 0. The topological polar surface area (TPSA) is 66.5 Å². The van der Waals surface area contributed by atoms with E-state index in [1.807, 2.05) is 67.6 Å². The second-order valence-electron chi connectivity index (χ2n) is 7.41. The molecule has 0 spiro atoms. The van der Waals surface area contributed by atoms with Crippen LogP contribution >= 0.6 is 15.9 Å². The molecule has 4 amide bonds. The Morgan fingerprint density at radius 2 is 1.47 bits per heavy atom. The second-order valence-corrected chi connectivity index (χ2v) is 8.26. The zero-order valence-corrected chi connectivity index (χ0v) is 19.1. The third-order valence-corrected chi connectivity index (χ3v) is 6.18. The van der Waals surface area contributed by atoms with Crippen LogP contribution in [0, 0.1) is 0 Å². The molecule has 1 heterocycles. The summed E-state index contributed by atoms with van der Waals surface area (Å²) in [5, 5.41) is 2.31. The van der Waals surface area contributed by atoms with Crippen LogP contribution < -0.4 is 10.2 Å². The van der Waals surface area contributed by atoms with Gasteiger partial charge in [-0.1, -0.05) is 83.5 Å². The average Bonchev–Trinajstić information content (AvgIpc) is 2.79. The van der Waals surface area contributed by atoms with Gasteiger partial charge in [-0.2, -0.15) is 0 Å². The lowest BCUT2D eigenvalue weighted by Crippen LogP contribution is -2.54. The summed E-state index contributed by atoms with van der Waals surface area (Å²) < 4.78 is 0.988. The molecule has 1 aliphatic heterocycles. The van der Waals surface area contributed by atoms with Gasteiger partial charge in [0.2, 0.25) is 0 Å². The number of hydrogen-bond acceptors (Lipinski definition) is 3. The Morgan fingerprint density at radius 1 is 0.844 bits per heavy atom. The Kier molecular flexibility index (Phi) is 6.32. The van der Waals surface area contributed by atoms with Gasteiger partial charge in [0, 0.05) is 4.47 Å². The number of halogens is 1. The Morgan fingerprint density at radius 3 is 2.19 bits per heavy atom. The van der Waals surface area contributed by atoms with E-state index < -0.39 is 17.8 Å². The lowest BCUT2D eigenvalue weighted by Gasteiger charge is -2.28. The molecule has 1 fully saturated rings. The highest BCUT2D eigenvalue weighted by atomic mass is 79.9. The Balaban J connectivity index is 1.74. The molecule has 3 aromatic carbocycles. The van der Waals surface area contributed by atoms with Crippen LogP contribution in [0.4, 0.5) is 10.5 Å². The molecule has 1 aliphatic rings. The van der Waals surface area contributed by atoms with Crippen molar-refractivity contribution in [1.82, 2.24) is 5.32 Å². The molecule has 5 nitrogen and oxygen atoms in total. The first-order chi connectivity index (χ1) is 15.5. The highest BCUT2D eigenvalue weighted by molar-refractivity contribution is 9.10. The molecule has 1 N–H and O–H groups in total. The van der Waals surface area contributed by atoms with Gasteiger partial charge < -0.3 is 0 Å². The number of nitrogens with one attached hydrogen (secondary N) is 1. The van der Waals surface area contributed by atoms with E-state index in [0.717, 1.165) is 31.6 Å². The maximum atomic E-state index is 13.3. The average molecular weight is 489 g/mol. The number of urea groups is 1. The maximum Gasteiger partial charge on any atom is 0.335 e. The summed E-state index contributed by atoms with van der Waals surface area (Å²) in [6, 6.07) is 22.0. The normalized spacial score (nSPS) is 15.2. The van der Waals surface area contributed by atoms with E-state index in [9.17, 15) is 14.4 Å². The van der Waals surface area contributed by atoms with Crippen LogP contribution in [0.25, 0.3) is 6.08 Å². The van der Waals surface area contributed by atoms with Gasteiger partial charge in [-0.25, -0.2) is 9.69 Å². The first kappa shape index (κ1) is 21.7. The number of para-hydroxylation sites is 1. The van der Waals surface area contributed by atoms with Crippen molar-refractivity contribution in [1.29, 1.82) is 0 Å². The molecule has 0 bridgehead atoms. The number of amides is 4. The lowest BCUT2D eigenvalue weighted by molar-refractivity contribution is -0.122. The number of aryl methyl sites for hydroxylation is 1. The molecule has 4 rings (SSSR count). The zero-order chi connectivity index (χ0) is 22.7. The number of benzene rings is 3. The molecule has 0 saturated carbocycles. The van der Waals surface area contributed by atoms with Crippen molar-refractivity contribution in [3.05, 3.63) is 105 Å². The molecular weight excluding hydrogens is 468 g/mol. The van der Waals surface area contributed by atoms with Crippen molar-refractivity contribution < 1.29 is 14.4 Å². The van der Waals surface area contributed by atoms with Crippen molar-refractivity contribution in [2.45, 2.75) is 19.8 Å². The maximum absolute atomic E-state index is 13.3. The standard InChI is InChI=1S/C26H21BrN2O3/c1-2-17-9-6-8-14-23(17)29-25(31)21(24(30)28-26(29)32)16-19-11-4-3-10-18(19)15-20-12-5-7-13-22(20)27/h3-14,16H,2,15H2,1H3,(H,28,30,32)/b21-16-. The molecule has 0 aromatic heterocycles. The fourth-order valence-electron chi connectivity index (χ4n) is 3.74. The molecule has 1 saturated heterocycles. The monoisotopic (exact) mass is 488 g/mol. The first-order valence-electron chi connectivity index (χ1n) is 10.3. The summed E-state index contributed by atoms with van der Waals surface area (Å²) in [4.78, 5) is 39.5. The third kappa shape index (κ3) is 4.27. The van der Waals surface area contributed by atoms with Crippen LogP contribution in [0.5, 0.6) is 0 Å². The number of rotatable bonds is 5. The quantitative estimate of drug-likeness (QED) is 0.393. The summed E-state index contributed by atoms with van der Waals surface area (Å²) >= 11 is 3.57. The van der Waals surface area contributed by atoms with Crippen LogP contribution in [-0.4, -0.2) is 17.8 Å². The number of nitrogens with zero attached hydrogens (tertiary/aromatic N) is 1. The van der Waals surface area contributed by atoms with Crippen molar-refractivity contribution in [3.63, 3.8) is 0 Å². The van der Waals surface area contributed by atoms with Crippen molar-refractivity contribution in [2.24, 2.45) is 0 Å². The molecule has 32 heavy (non-hydrogen) atoms. The third-order valence-electron chi connectivity index (χ3n) is 5.41. The summed E-state index contributed by atoms with van der Waals surface area (Å²) in [6.45, 7) is 1.95. The van der Waals surface area contributed by atoms with Crippen LogP contribution in [0.2, 0.25) is 0 Å². The fourth-order valence-corrected chi connectivity index (χ4v) is 4.17. The Bertz CT molecular complexity index is 1250. The van der Waals surface area contributed by atoms with Gasteiger partial charge >= 0.3 is 6.03 Å². The van der Waals surface area contributed by atoms with Crippen molar-refractivity contribution in [2.75, 3.05) is 4.90 Å². The van der Waals surface area contributed by atoms with E-state index in [1.165, 1.54) is 0 Å². The summed E-state index contributed by atoms with van der Waals surface area (Å²) in [5.74, 6) is -1.32. The van der Waals surface area contributed by atoms with Crippen molar-refractivity contribution in [3.8, 4) is 0 Å². The molecule has 3 aromatic rings. The van der Waals surface area contributed by atoms with E-state index in [4.69, 9.17) is 0 Å². The van der Waals surface area contributed by atoms with Crippen molar-refractivity contribution >= 4 is 45.5 Å². The van der Waals surface area contributed by atoms with Crippen LogP contribution in [0.15, 0.2) is 82.8 Å². The smallest absolute Gasteiger partial charge is 0.273 e. The van der Waals surface area contributed by atoms with E-state index in [1.54, 1.807) is 18.2 Å². The van der Waals surface area contributed by atoms with E-state index in [2.05, 4.69) is 21.2 Å². The highest BCUT2D eigenvalue weighted by Crippen LogP contribution is 2.27. The molecule has 6 heteroatoms. The van der Waals surface area contributed by atoms with Gasteiger partial charge in [0.1, 0.15) is 5.57 Å². The number of carbonyl (C=O) groups excluding carboxylic acids is 3. The van der Waals surface area contributed by atoms with E-state index >= 15 is 0 Å². The minimum atomic E-state index is -0.737. The molecular formula is C26H21BrN2O3. The van der Waals surface area contributed by atoms with Gasteiger partial charge in [0.15, 0.2) is 0 Å². The highest BCUT2D eigenvalue weighted by Gasteiger charge is 2.37. The largest absolute Gasteiger partial charge is 0.335 e. The number of carbonyl (C=O) groups is 3. The molecule has 0 unspecified atom stereocenters. The molecule has 160 valence electrons. The first-order valence-corrected chi connectivity index (χ1v) is 11.1. The minimum absolute atomic E-state index is 0.0740. The van der Waals surface area contributed by atoms with Crippen LogP contribution in [-0.2, 0) is 22.4 Å². The van der Waals surface area contributed by atoms with E-state index in [0.29, 0.717) is 18.5 Å². The number of barbiturate groups is 1. The fraction of sp³-hybridized carbons (Fsp3) is 0.115. The summed E-state index contributed by atoms with van der Waals surface area (Å²) in [6.07, 6.45) is 2.84. The SMILES string of the molecule is CCc1ccccc1N1C(=O)NC(=O)/C(=C/c2ccccc2Cc2ccccc2Br)C1=O. The van der Waals surface area contributed by atoms with Gasteiger partial charge in [0.25, 0.3) is 11.8 Å².